The molecular formula is C25H34O5Si. The normalized spacial score (nSPS) is 11.9. The zero-order chi connectivity index (χ0) is 22.9. The molecule has 0 aliphatic rings. The molecule has 2 rings (SSSR count). The maximum absolute atomic E-state index is 12.4. The minimum absolute atomic E-state index is 0.00283. The first-order chi connectivity index (χ1) is 14.7. The average Bonchev–Trinajstić information content (AvgIpc) is 2.72. The predicted molar refractivity (Wildman–Crippen MR) is 125 cm³/mol. The zero-order valence-corrected chi connectivity index (χ0v) is 20.2. The van der Waals surface area contributed by atoms with Gasteiger partial charge in [-0.15, -0.1) is 0 Å². The number of benzene rings is 2. The minimum atomic E-state index is -2.91. The molecule has 0 saturated heterocycles. The van der Waals surface area contributed by atoms with E-state index in [1.807, 2.05) is 36.4 Å². The first kappa shape index (κ1) is 24.8. The van der Waals surface area contributed by atoms with E-state index in [0.29, 0.717) is 0 Å². The van der Waals surface area contributed by atoms with Crippen LogP contribution in [0.3, 0.4) is 0 Å². The number of hydrogen-bond acceptors (Lipinski definition) is 5. The van der Waals surface area contributed by atoms with Crippen molar-refractivity contribution in [1.29, 1.82) is 0 Å². The zero-order valence-electron chi connectivity index (χ0n) is 19.2. The number of esters is 2. The van der Waals surface area contributed by atoms with Gasteiger partial charge in [0, 0.05) is 0 Å². The van der Waals surface area contributed by atoms with Crippen molar-refractivity contribution in [3.63, 3.8) is 0 Å². The summed E-state index contributed by atoms with van der Waals surface area (Å²) < 4.78 is 17.3. The first-order valence-corrected chi connectivity index (χ1v) is 12.8. The lowest BCUT2D eigenvalue weighted by Crippen LogP contribution is -2.68. The number of hydrogen-bond donors (Lipinski definition) is 0. The lowest BCUT2D eigenvalue weighted by atomic mass is 10.2. The van der Waals surface area contributed by atoms with E-state index >= 15 is 0 Å². The van der Waals surface area contributed by atoms with Crippen LogP contribution in [-0.2, 0) is 23.5 Å². The molecule has 0 radical (unpaired) electrons. The molecule has 0 aliphatic heterocycles. The van der Waals surface area contributed by atoms with Gasteiger partial charge in [-0.2, -0.15) is 0 Å². The second kappa shape index (κ2) is 11.3. The average molecular weight is 443 g/mol. The molecule has 0 fully saturated rings. The molecule has 0 amide bonds. The lowest BCUT2D eigenvalue weighted by molar-refractivity contribution is -0.148. The second-order valence-electron chi connectivity index (χ2n) is 8.42. The van der Waals surface area contributed by atoms with Gasteiger partial charge in [0.15, 0.2) is 0 Å². The van der Waals surface area contributed by atoms with Crippen LogP contribution in [-0.4, -0.2) is 39.6 Å². The van der Waals surface area contributed by atoms with E-state index in [4.69, 9.17) is 13.9 Å². The fourth-order valence-corrected chi connectivity index (χ4v) is 8.59. The maximum atomic E-state index is 12.4. The van der Waals surface area contributed by atoms with Crippen molar-refractivity contribution in [1.82, 2.24) is 0 Å². The molecule has 6 heteroatoms. The Labute approximate surface area is 186 Å². The smallest absolute Gasteiger partial charge is 0.308 e. The van der Waals surface area contributed by atoms with E-state index in [2.05, 4.69) is 45.0 Å². The Balaban J connectivity index is 2.59. The van der Waals surface area contributed by atoms with E-state index < -0.39 is 14.4 Å². The van der Waals surface area contributed by atoms with Gasteiger partial charge < -0.3 is 13.9 Å². The van der Waals surface area contributed by atoms with Gasteiger partial charge in [-0.25, -0.2) is 0 Å². The molecule has 5 nitrogen and oxygen atoms in total. The summed E-state index contributed by atoms with van der Waals surface area (Å²) in [7, 11) is -2.91. The molecule has 0 unspecified atom stereocenters. The SMILES string of the molecule is CCOC(=O)CC(CC(=O)OCC)O[Si](c1ccccc1)(c1ccccc1)C(C)(C)C. The van der Waals surface area contributed by atoms with Crippen molar-refractivity contribution in [3.8, 4) is 0 Å². The van der Waals surface area contributed by atoms with Gasteiger partial charge in [0.05, 0.1) is 32.2 Å². The Kier molecular flexibility index (Phi) is 9.01. The molecule has 0 aliphatic carbocycles. The number of rotatable bonds is 10. The molecule has 2 aromatic carbocycles. The van der Waals surface area contributed by atoms with Crippen LogP contribution in [0, 0.1) is 0 Å². The van der Waals surface area contributed by atoms with Gasteiger partial charge in [-0.05, 0) is 29.3 Å². The summed E-state index contributed by atoms with van der Waals surface area (Å²) in [6, 6.07) is 20.3. The van der Waals surface area contributed by atoms with E-state index in [9.17, 15) is 9.59 Å². The van der Waals surface area contributed by atoms with Gasteiger partial charge in [0.1, 0.15) is 0 Å². The van der Waals surface area contributed by atoms with Crippen LogP contribution in [0.4, 0.5) is 0 Å². The third-order valence-corrected chi connectivity index (χ3v) is 10.3. The largest absolute Gasteiger partial charge is 0.466 e. The molecule has 0 aromatic heterocycles. The van der Waals surface area contributed by atoms with Crippen LogP contribution in [0.15, 0.2) is 60.7 Å². The summed E-state index contributed by atoms with van der Waals surface area (Å²) >= 11 is 0. The number of carbonyl (C=O) groups excluding carboxylic acids is 2. The van der Waals surface area contributed by atoms with Crippen molar-refractivity contribution in [3.05, 3.63) is 60.7 Å². The van der Waals surface area contributed by atoms with Gasteiger partial charge in [-0.1, -0.05) is 81.4 Å². The van der Waals surface area contributed by atoms with Gasteiger partial charge >= 0.3 is 11.9 Å². The summed E-state index contributed by atoms with van der Waals surface area (Å²) in [4.78, 5) is 24.7. The van der Waals surface area contributed by atoms with E-state index in [0.717, 1.165) is 10.4 Å². The highest BCUT2D eigenvalue weighted by Crippen LogP contribution is 2.38. The number of ether oxygens (including phenoxy) is 2. The van der Waals surface area contributed by atoms with Crippen molar-refractivity contribution < 1.29 is 23.5 Å². The Bertz CT molecular complexity index is 770. The van der Waals surface area contributed by atoms with Crippen LogP contribution in [0.5, 0.6) is 0 Å². The molecule has 0 spiro atoms. The van der Waals surface area contributed by atoms with Crippen LogP contribution >= 0.6 is 0 Å². The molecule has 31 heavy (non-hydrogen) atoms. The topological polar surface area (TPSA) is 61.8 Å². The molecule has 0 heterocycles. The quantitative estimate of drug-likeness (QED) is 0.413. The van der Waals surface area contributed by atoms with Crippen molar-refractivity contribution in [2.45, 2.75) is 58.6 Å². The molecule has 0 atom stereocenters. The van der Waals surface area contributed by atoms with Gasteiger partial charge in [-0.3, -0.25) is 9.59 Å². The van der Waals surface area contributed by atoms with Crippen molar-refractivity contribution in [2.75, 3.05) is 13.2 Å². The minimum Gasteiger partial charge on any atom is -0.466 e. The van der Waals surface area contributed by atoms with E-state index in [1.165, 1.54) is 0 Å². The Morgan fingerprint density at radius 1 is 0.774 bits per heavy atom. The Morgan fingerprint density at radius 3 is 1.48 bits per heavy atom. The maximum Gasteiger partial charge on any atom is 0.308 e. The summed E-state index contributed by atoms with van der Waals surface area (Å²) in [6.07, 6.45) is -0.654. The second-order valence-corrected chi connectivity index (χ2v) is 12.7. The highest BCUT2D eigenvalue weighted by molar-refractivity contribution is 6.99. The third-order valence-electron chi connectivity index (χ3n) is 5.16. The molecule has 168 valence electrons. The highest BCUT2D eigenvalue weighted by atomic mass is 28.4. The molecule has 2 aromatic rings. The fraction of sp³-hybridized carbons (Fsp3) is 0.440. The van der Waals surface area contributed by atoms with Crippen LogP contribution < -0.4 is 10.4 Å². The van der Waals surface area contributed by atoms with Crippen LogP contribution in [0.2, 0.25) is 5.04 Å². The van der Waals surface area contributed by atoms with Gasteiger partial charge in [0.2, 0.25) is 0 Å². The van der Waals surface area contributed by atoms with Crippen LogP contribution in [0.25, 0.3) is 0 Å². The standard InChI is InChI=1S/C25H34O5Si/c1-6-28-23(26)18-20(19-24(27)29-7-2)30-31(25(3,4)5,21-14-10-8-11-15-21)22-16-12-9-13-17-22/h8-17,20H,6-7,18-19H2,1-5H3. The van der Waals surface area contributed by atoms with E-state index in [1.54, 1.807) is 13.8 Å². The highest BCUT2D eigenvalue weighted by Gasteiger charge is 2.51. The Hall–Kier alpha value is -2.44. The first-order valence-electron chi connectivity index (χ1n) is 10.8. The monoisotopic (exact) mass is 442 g/mol. The predicted octanol–water partition coefficient (Wildman–Crippen LogP) is 3.84. The fourth-order valence-electron chi connectivity index (χ4n) is 3.91. The summed E-state index contributed by atoms with van der Waals surface area (Å²) in [5.74, 6) is -0.760. The summed E-state index contributed by atoms with van der Waals surface area (Å²) in [6.45, 7) is 10.6. The molecule has 0 N–H and O–H groups in total. The molecule has 0 bridgehead atoms. The molecular weight excluding hydrogens is 408 g/mol. The summed E-state index contributed by atoms with van der Waals surface area (Å²) in [5, 5.41) is 1.91. The summed E-state index contributed by atoms with van der Waals surface area (Å²) in [5.41, 5.74) is 0. The van der Waals surface area contributed by atoms with Crippen LogP contribution in [0.1, 0.15) is 47.5 Å². The molecule has 0 saturated carbocycles. The van der Waals surface area contributed by atoms with Crippen molar-refractivity contribution in [2.24, 2.45) is 0 Å². The van der Waals surface area contributed by atoms with E-state index in [-0.39, 0.29) is 43.0 Å². The number of carbonyl (C=O) groups is 2. The van der Waals surface area contributed by atoms with Crippen molar-refractivity contribution >= 4 is 30.6 Å². The Morgan fingerprint density at radius 2 is 1.16 bits per heavy atom. The third kappa shape index (κ3) is 6.28. The van der Waals surface area contributed by atoms with Gasteiger partial charge in [0.25, 0.3) is 8.32 Å². The lowest BCUT2D eigenvalue weighted by Gasteiger charge is -2.45.